The molecule has 0 saturated heterocycles. The van der Waals surface area contributed by atoms with Crippen LogP contribution >= 0.6 is 0 Å². The van der Waals surface area contributed by atoms with Gasteiger partial charge in [0, 0.05) is 17.1 Å². The van der Waals surface area contributed by atoms with Crippen LogP contribution in [0, 0.1) is 0 Å². The monoisotopic (exact) mass is 305 g/mol. The molecule has 3 aromatic rings. The molecule has 0 bridgehead atoms. The van der Waals surface area contributed by atoms with Gasteiger partial charge in [-0.15, -0.1) is 0 Å². The number of nitrogens with one attached hydrogen (secondary N) is 2. The number of hydrogen-bond acceptors (Lipinski definition) is 4. The van der Waals surface area contributed by atoms with Gasteiger partial charge < -0.3 is 14.7 Å². The average Bonchev–Trinajstić information content (AvgIpc) is 3.07. The summed E-state index contributed by atoms with van der Waals surface area (Å²) < 4.78 is 27.2. The lowest BCUT2D eigenvalue weighted by Gasteiger charge is -2.04. The molecule has 0 radical (unpaired) electrons. The van der Waals surface area contributed by atoms with Crippen LogP contribution in [0.4, 0.5) is 5.69 Å². The number of nitrogens with two attached hydrogens (primary N) is 1. The molecule has 0 saturated carbocycles. The summed E-state index contributed by atoms with van der Waals surface area (Å²) in [4.78, 5) is 15.1. The van der Waals surface area contributed by atoms with Crippen LogP contribution in [-0.2, 0) is 10.0 Å². The fourth-order valence-corrected chi connectivity index (χ4v) is 2.44. The summed E-state index contributed by atoms with van der Waals surface area (Å²) in [6, 6.07) is 9.61. The highest BCUT2D eigenvalue weighted by molar-refractivity contribution is 7.89. The van der Waals surface area contributed by atoms with Crippen LogP contribution in [0.5, 0.6) is 0 Å². The fourth-order valence-electron chi connectivity index (χ4n) is 1.97. The van der Waals surface area contributed by atoms with Crippen LogP contribution in [0.25, 0.3) is 10.9 Å². The highest BCUT2D eigenvalue weighted by Gasteiger charge is 2.18. The third-order valence-corrected chi connectivity index (χ3v) is 3.71. The number of amides is 1. The van der Waals surface area contributed by atoms with Crippen molar-refractivity contribution in [2.24, 2.45) is 5.14 Å². The summed E-state index contributed by atoms with van der Waals surface area (Å²) in [5, 5.41) is 7.98. The van der Waals surface area contributed by atoms with Gasteiger partial charge in [-0.25, -0.2) is 13.6 Å². The van der Waals surface area contributed by atoms with E-state index in [1.165, 1.54) is 6.07 Å². The summed E-state index contributed by atoms with van der Waals surface area (Å²) in [5.74, 6) is -0.690. The fraction of sp³-hybridized carbons (Fsp3) is 0. The first-order valence-electron chi connectivity index (χ1n) is 5.95. The molecule has 0 aliphatic carbocycles. The zero-order valence-electron chi connectivity index (χ0n) is 10.7. The summed E-state index contributed by atoms with van der Waals surface area (Å²) in [6.45, 7) is 0. The van der Waals surface area contributed by atoms with Gasteiger partial charge in [0.25, 0.3) is 15.9 Å². The maximum absolute atomic E-state index is 12.1. The van der Waals surface area contributed by atoms with Gasteiger partial charge in [0.05, 0.1) is 5.69 Å². The van der Waals surface area contributed by atoms with Crippen molar-refractivity contribution in [3.05, 3.63) is 48.4 Å². The second kappa shape index (κ2) is 4.76. The second-order valence-electron chi connectivity index (χ2n) is 4.36. The molecule has 0 aliphatic heterocycles. The van der Waals surface area contributed by atoms with E-state index < -0.39 is 21.0 Å². The van der Waals surface area contributed by atoms with Crippen molar-refractivity contribution in [2.75, 3.05) is 5.32 Å². The maximum atomic E-state index is 12.1. The molecule has 108 valence electrons. The van der Waals surface area contributed by atoms with Crippen LogP contribution in [-0.4, -0.2) is 19.3 Å². The summed E-state index contributed by atoms with van der Waals surface area (Å²) in [7, 11) is -3.97. The number of hydrogen-bond donors (Lipinski definition) is 3. The topological polar surface area (TPSA) is 118 Å². The molecule has 0 fully saturated rings. The molecule has 21 heavy (non-hydrogen) atoms. The lowest BCUT2D eigenvalue weighted by Crippen LogP contribution is -2.12. The molecule has 0 unspecified atom stereocenters. The van der Waals surface area contributed by atoms with E-state index in [1.54, 1.807) is 18.3 Å². The molecule has 3 rings (SSSR count). The Bertz CT molecular complexity index is 924. The molecule has 0 spiro atoms. The van der Waals surface area contributed by atoms with Crippen molar-refractivity contribution in [3.8, 4) is 0 Å². The van der Waals surface area contributed by atoms with Gasteiger partial charge in [-0.3, -0.25) is 4.79 Å². The molecule has 1 amide bonds. The zero-order valence-corrected chi connectivity index (χ0v) is 11.5. The number of rotatable bonds is 3. The largest absolute Gasteiger partial charge is 0.438 e. The standard InChI is InChI=1S/C13H11N3O4S/c14-21(18,19)12-5-4-11(20-12)13(17)16-10-3-1-2-9-8(10)6-7-15-9/h1-7,15H,(H,16,17)(H2,14,18,19). The zero-order chi connectivity index (χ0) is 15.0. The minimum atomic E-state index is -3.97. The Morgan fingerprint density at radius 1 is 1.19 bits per heavy atom. The highest BCUT2D eigenvalue weighted by Crippen LogP contribution is 2.23. The minimum absolute atomic E-state index is 0.133. The number of aromatic nitrogens is 1. The number of benzene rings is 1. The number of H-pyrrole nitrogens is 1. The molecule has 2 heterocycles. The van der Waals surface area contributed by atoms with Gasteiger partial charge in [-0.1, -0.05) is 6.07 Å². The molecule has 0 atom stereocenters. The van der Waals surface area contributed by atoms with E-state index in [-0.39, 0.29) is 5.76 Å². The number of aromatic amines is 1. The van der Waals surface area contributed by atoms with Gasteiger partial charge in [0.2, 0.25) is 5.09 Å². The number of sulfonamides is 1. The minimum Gasteiger partial charge on any atom is -0.438 e. The van der Waals surface area contributed by atoms with E-state index in [4.69, 9.17) is 9.56 Å². The third kappa shape index (κ3) is 2.54. The van der Waals surface area contributed by atoms with Gasteiger partial charge in [-0.05, 0) is 30.3 Å². The maximum Gasteiger partial charge on any atom is 0.291 e. The number of fused-ring (bicyclic) bond motifs is 1. The summed E-state index contributed by atoms with van der Waals surface area (Å²) >= 11 is 0. The lowest BCUT2D eigenvalue weighted by atomic mass is 10.2. The van der Waals surface area contributed by atoms with Crippen LogP contribution < -0.4 is 10.5 Å². The highest BCUT2D eigenvalue weighted by atomic mass is 32.2. The Hall–Kier alpha value is -2.58. The van der Waals surface area contributed by atoms with Crippen molar-refractivity contribution in [1.82, 2.24) is 4.98 Å². The molecule has 1 aromatic carbocycles. The van der Waals surface area contributed by atoms with Crippen LogP contribution in [0.3, 0.4) is 0 Å². The normalized spacial score (nSPS) is 11.7. The first-order valence-corrected chi connectivity index (χ1v) is 7.50. The van der Waals surface area contributed by atoms with Gasteiger partial charge >= 0.3 is 0 Å². The van der Waals surface area contributed by atoms with Crippen LogP contribution in [0.15, 0.2) is 52.1 Å². The van der Waals surface area contributed by atoms with Gasteiger partial charge in [0.1, 0.15) is 0 Å². The van der Waals surface area contributed by atoms with E-state index >= 15 is 0 Å². The molecular weight excluding hydrogens is 294 g/mol. The third-order valence-electron chi connectivity index (χ3n) is 2.93. The van der Waals surface area contributed by atoms with Crippen molar-refractivity contribution in [3.63, 3.8) is 0 Å². The number of anilines is 1. The Morgan fingerprint density at radius 2 is 2.00 bits per heavy atom. The SMILES string of the molecule is NS(=O)(=O)c1ccc(C(=O)Nc2cccc3[nH]ccc23)o1. The van der Waals surface area contributed by atoms with E-state index in [0.717, 1.165) is 17.0 Å². The van der Waals surface area contributed by atoms with Crippen molar-refractivity contribution in [2.45, 2.75) is 5.09 Å². The Kier molecular flexibility index (Phi) is 3.04. The van der Waals surface area contributed by atoms with Crippen molar-refractivity contribution >= 4 is 32.5 Å². The van der Waals surface area contributed by atoms with Crippen LogP contribution in [0.2, 0.25) is 0 Å². The quantitative estimate of drug-likeness (QED) is 0.681. The molecular formula is C13H11N3O4S. The van der Waals surface area contributed by atoms with E-state index in [1.807, 2.05) is 12.1 Å². The molecule has 0 aliphatic rings. The number of carbonyl (C=O) groups excluding carboxylic acids is 1. The predicted octanol–water partition coefficient (Wildman–Crippen LogP) is 1.66. The molecule has 8 heteroatoms. The van der Waals surface area contributed by atoms with Crippen molar-refractivity contribution < 1.29 is 17.6 Å². The smallest absolute Gasteiger partial charge is 0.291 e. The summed E-state index contributed by atoms with van der Waals surface area (Å²) in [5.41, 5.74) is 1.46. The van der Waals surface area contributed by atoms with Crippen LogP contribution in [0.1, 0.15) is 10.6 Å². The Labute approximate surface area is 119 Å². The number of carbonyl (C=O) groups is 1. The lowest BCUT2D eigenvalue weighted by molar-refractivity contribution is 0.0992. The molecule has 7 nitrogen and oxygen atoms in total. The van der Waals surface area contributed by atoms with Crippen molar-refractivity contribution in [1.29, 1.82) is 0 Å². The first-order chi connectivity index (χ1) is 9.95. The first kappa shape index (κ1) is 13.4. The van der Waals surface area contributed by atoms with E-state index in [2.05, 4.69) is 10.3 Å². The second-order valence-corrected chi connectivity index (χ2v) is 5.85. The molecule has 2 aromatic heterocycles. The van der Waals surface area contributed by atoms with Gasteiger partial charge in [-0.2, -0.15) is 0 Å². The molecule has 4 N–H and O–H groups in total. The average molecular weight is 305 g/mol. The summed E-state index contributed by atoms with van der Waals surface area (Å²) in [6.07, 6.45) is 1.76. The van der Waals surface area contributed by atoms with E-state index in [9.17, 15) is 13.2 Å². The number of furan rings is 1. The van der Waals surface area contributed by atoms with Gasteiger partial charge in [0.15, 0.2) is 5.76 Å². The Balaban J connectivity index is 1.90. The van der Waals surface area contributed by atoms with E-state index in [0.29, 0.717) is 5.69 Å². The Morgan fingerprint density at radius 3 is 2.71 bits per heavy atom. The number of primary sulfonamides is 1. The predicted molar refractivity (Wildman–Crippen MR) is 76.3 cm³/mol.